The average Bonchev–Trinajstić information content (AvgIpc) is 2.67. The second kappa shape index (κ2) is 11.3. The summed E-state index contributed by atoms with van der Waals surface area (Å²) in [5.74, 6) is -0.987. The Kier molecular flexibility index (Phi) is 9.39. The highest BCUT2D eigenvalue weighted by atomic mass is 35.5. The van der Waals surface area contributed by atoms with E-state index in [1.807, 2.05) is 13.0 Å². The van der Waals surface area contributed by atoms with Crippen LogP contribution in [0.3, 0.4) is 0 Å². The SMILES string of the molecule is Cc1cc(CN2CCN(CCC(N)(CCCCB(O)O)C(=O)O)CC2)ccc1Cl. The van der Waals surface area contributed by atoms with Crippen LogP contribution < -0.4 is 5.73 Å². The molecule has 1 saturated heterocycles. The number of hydrogen-bond donors (Lipinski definition) is 4. The number of halogens is 1. The van der Waals surface area contributed by atoms with E-state index >= 15 is 0 Å². The molecule has 7 nitrogen and oxygen atoms in total. The Balaban J connectivity index is 1.75. The third kappa shape index (κ3) is 7.88. The number of benzene rings is 1. The molecule has 0 saturated carbocycles. The maximum absolute atomic E-state index is 11.7. The number of aliphatic carboxylic acids is 1. The molecule has 1 unspecified atom stereocenters. The lowest BCUT2D eigenvalue weighted by molar-refractivity contribution is -0.144. The van der Waals surface area contributed by atoms with Crippen molar-refractivity contribution < 1.29 is 19.9 Å². The molecule has 1 fully saturated rings. The zero-order chi connectivity index (χ0) is 21.4. The summed E-state index contributed by atoms with van der Waals surface area (Å²) < 4.78 is 0. The molecule has 5 N–H and O–H groups in total. The van der Waals surface area contributed by atoms with E-state index in [0.717, 1.165) is 43.3 Å². The smallest absolute Gasteiger partial charge is 0.451 e. The molecule has 162 valence electrons. The first-order chi connectivity index (χ1) is 13.7. The lowest BCUT2D eigenvalue weighted by Gasteiger charge is -2.36. The molecule has 29 heavy (non-hydrogen) atoms. The Morgan fingerprint density at radius 1 is 1.17 bits per heavy atom. The zero-order valence-corrected chi connectivity index (χ0v) is 17.9. The van der Waals surface area contributed by atoms with Crippen molar-refractivity contribution in [2.24, 2.45) is 5.73 Å². The normalized spacial score (nSPS) is 17.8. The van der Waals surface area contributed by atoms with Gasteiger partial charge in [-0.2, -0.15) is 0 Å². The quantitative estimate of drug-likeness (QED) is 0.315. The summed E-state index contributed by atoms with van der Waals surface area (Å²) in [6.45, 7) is 7.19. The second-order valence-electron chi connectivity index (χ2n) is 8.14. The predicted molar refractivity (Wildman–Crippen MR) is 116 cm³/mol. The summed E-state index contributed by atoms with van der Waals surface area (Å²) in [6.07, 6.45) is 2.08. The molecule has 2 rings (SSSR count). The number of hydrogen-bond acceptors (Lipinski definition) is 6. The lowest BCUT2D eigenvalue weighted by atomic mass is 9.81. The van der Waals surface area contributed by atoms with Crippen LogP contribution in [0.4, 0.5) is 0 Å². The van der Waals surface area contributed by atoms with Gasteiger partial charge in [0.05, 0.1) is 0 Å². The van der Waals surface area contributed by atoms with Gasteiger partial charge in [0.25, 0.3) is 0 Å². The summed E-state index contributed by atoms with van der Waals surface area (Å²) in [7, 11) is -1.35. The Hall–Kier alpha value is -1.16. The van der Waals surface area contributed by atoms with Crippen molar-refractivity contribution in [3.63, 3.8) is 0 Å². The van der Waals surface area contributed by atoms with Crippen LogP contribution >= 0.6 is 11.6 Å². The third-order valence-electron chi connectivity index (χ3n) is 5.73. The average molecular weight is 426 g/mol. The monoisotopic (exact) mass is 425 g/mol. The van der Waals surface area contributed by atoms with Crippen molar-refractivity contribution in [2.75, 3.05) is 32.7 Å². The fourth-order valence-corrected chi connectivity index (χ4v) is 3.82. The minimum absolute atomic E-state index is 0.241. The molecule has 0 spiro atoms. The zero-order valence-electron chi connectivity index (χ0n) is 17.2. The molecule has 9 heteroatoms. The summed E-state index contributed by atoms with van der Waals surface area (Å²) in [5.41, 5.74) is 7.23. The van der Waals surface area contributed by atoms with E-state index in [1.54, 1.807) is 0 Å². The van der Waals surface area contributed by atoms with Crippen molar-refractivity contribution in [1.29, 1.82) is 0 Å². The Morgan fingerprint density at radius 3 is 2.41 bits per heavy atom. The summed E-state index contributed by atoms with van der Waals surface area (Å²) in [5, 5.41) is 28.1. The summed E-state index contributed by atoms with van der Waals surface area (Å²) in [4.78, 5) is 16.3. The van der Waals surface area contributed by atoms with Crippen LogP contribution in [0.1, 0.15) is 36.8 Å². The number of aryl methyl sites for hydroxylation is 1. The van der Waals surface area contributed by atoms with Gasteiger partial charge in [0.2, 0.25) is 0 Å². The van der Waals surface area contributed by atoms with Gasteiger partial charge in [-0.15, -0.1) is 0 Å². The van der Waals surface area contributed by atoms with Crippen molar-refractivity contribution in [1.82, 2.24) is 9.80 Å². The number of rotatable bonds is 11. The summed E-state index contributed by atoms with van der Waals surface area (Å²) >= 11 is 6.10. The molecule has 0 amide bonds. The number of carboxylic acids is 1. The Morgan fingerprint density at radius 2 is 1.83 bits per heavy atom. The van der Waals surface area contributed by atoms with Gasteiger partial charge in [-0.05, 0) is 43.3 Å². The first kappa shape index (κ1) is 24.1. The first-order valence-corrected chi connectivity index (χ1v) is 10.7. The van der Waals surface area contributed by atoms with Gasteiger partial charge in [-0.1, -0.05) is 36.6 Å². The van der Waals surface area contributed by atoms with Gasteiger partial charge in [0.15, 0.2) is 0 Å². The molecule has 1 atom stereocenters. The van der Waals surface area contributed by atoms with Gasteiger partial charge in [0.1, 0.15) is 5.54 Å². The van der Waals surface area contributed by atoms with Crippen molar-refractivity contribution in [3.8, 4) is 0 Å². The van der Waals surface area contributed by atoms with Crippen LogP contribution in [0.2, 0.25) is 11.3 Å². The minimum atomic E-state index is -1.35. The van der Waals surface area contributed by atoms with E-state index in [2.05, 4.69) is 21.9 Å². The number of carboxylic acid groups (broad SMARTS) is 1. The van der Waals surface area contributed by atoms with Gasteiger partial charge < -0.3 is 25.8 Å². The first-order valence-electron chi connectivity index (χ1n) is 10.3. The molecular weight excluding hydrogens is 393 g/mol. The van der Waals surface area contributed by atoms with E-state index in [-0.39, 0.29) is 6.32 Å². The van der Waals surface area contributed by atoms with Crippen LogP contribution in [-0.4, -0.2) is 76.3 Å². The van der Waals surface area contributed by atoms with Crippen LogP contribution in [0.25, 0.3) is 0 Å². The molecule has 0 aromatic heterocycles. The van der Waals surface area contributed by atoms with E-state index in [0.29, 0.717) is 32.2 Å². The second-order valence-corrected chi connectivity index (χ2v) is 8.55. The Labute approximate surface area is 178 Å². The molecule has 1 aliphatic rings. The highest BCUT2D eigenvalue weighted by Gasteiger charge is 2.34. The van der Waals surface area contributed by atoms with Crippen LogP contribution in [0.15, 0.2) is 18.2 Å². The Bertz CT molecular complexity index is 671. The molecule has 1 aliphatic heterocycles. The molecule has 0 radical (unpaired) electrons. The van der Waals surface area contributed by atoms with Gasteiger partial charge in [-0.25, -0.2) is 0 Å². The number of carbonyl (C=O) groups is 1. The van der Waals surface area contributed by atoms with Crippen LogP contribution in [-0.2, 0) is 11.3 Å². The minimum Gasteiger partial charge on any atom is -0.480 e. The number of nitrogens with zero attached hydrogens (tertiary/aromatic N) is 2. The molecular formula is C20H33BClN3O4. The fraction of sp³-hybridized carbons (Fsp3) is 0.650. The number of unbranched alkanes of at least 4 members (excludes halogenated alkanes) is 1. The summed E-state index contributed by atoms with van der Waals surface area (Å²) in [6, 6.07) is 6.13. The highest BCUT2D eigenvalue weighted by Crippen LogP contribution is 2.20. The largest absolute Gasteiger partial charge is 0.480 e. The molecule has 1 aromatic rings. The van der Waals surface area contributed by atoms with E-state index in [9.17, 15) is 9.90 Å². The van der Waals surface area contributed by atoms with Gasteiger partial charge >= 0.3 is 13.1 Å². The standard InChI is InChI=1S/C20H33BClN3O4/c1-16-14-17(4-5-18(16)22)15-25-12-10-24(11-13-25)9-7-20(23,19(26)27)6-2-3-8-21(28)29/h4-5,14,28-29H,2-3,6-13,15,23H2,1H3,(H,26,27). The van der Waals surface area contributed by atoms with E-state index in [4.69, 9.17) is 27.4 Å². The van der Waals surface area contributed by atoms with Crippen molar-refractivity contribution in [2.45, 2.75) is 51.0 Å². The topological polar surface area (TPSA) is 110 Å². The molecule has 1 aromatic carbocycles. The van der Waals surface area contributed by atoms with E-state index < -0.39 is 18.6 Å². The number of nitrogens with two attached hydrogens (primary N) is 1. The number of piperazine rings is 1. The van der Waals surface area contributed by atoms with E-state index in [1.165, 1.54) is 5.56 Å². The van der Waals surface area contributed by atoms with Crippen molar-refractivity contribution in [3.05, 3.63) is 34.3 Å². The van der Waals surface area contributed by atoms with Gasteiger partial charge in [-0.3, -0.25) is 9.69 Å². The molecule has 0 bridgehead atoms. The maximum atomic E-state index is 11.7. The highest BCUT2D eigenvalue weighted by molar-refractivity contribution is 6.40. The lowest BCUT2D eigenvalue weighted by Crippen LogP contribution is -2.52. The predicted octanol–water partition coefficient (Wildman–Crippen LogP) is 1.58. The molecule has 0 aliphatic carbocycles. The fourth-order valence-electron chi connectivity index (χ4n) is 3.70. The third-order valence-corrected chi connectivity index (χ3v) is 6.15. The van der Waals surface area contributed by atoms with Crippen LogP contribution in [0, 0.1) is 6.92 Å². The van der Waals surface area contributed by atoms with Crippen LogP contribution in [0.5, 0.6) is 0 Å². The van der Waals surface area contributed by atoms with Crippen molar-refractivity contribution >= 4 is 24.7 Å². The maximum Gasteiger partial charge on any atom is 0.451 e. The van der Waals surface area contributed by atoms with Gasteiger partial charge in [0, 0.05) is 44.3 Å². The molecule has 1 heterocycles.